The molecule has 1 N–H and O–H groups in total. The standard InChI is InChI=1S/C25H41N3O10/c1-2-3-4-5-6-7-8-25(29)38-20-19-37-18-17-36-16-15-35-14-13-34-12-11-26-23-10-9-22(27(30)31)21-24(23)28(32)33/h9-10,21,26H,2-8,11-20H2,1H3. The first-order valence-corrected chi connectivity index (χ1v) is 13.1. The third-order valence-corrected chi connectivity index (χ3v) is 5.29. The van der Waals surface area contributed by atoms with Crippen LogP contribution in [0.15, 0.2) is 18.2 Å². The van der Waals surface area contributed by atoms with Crippen molar-refractivity contribution in [2.24, 2.45) is 0 Å². The Kier molecular flexibility index (Phi) is 19.3. The van der Waals surface area contributed by atoms with E-state index >= 15 is 0 Å². The summed E-state index contributed by atoms with van der Waals surface area (Å²) in [6, 6.07) is 3.42. The molecule has 0 heterocycles. The number of nitro benzene ring substituents is 2. The number of unbranched alkanes of at least 4 members (excludes halogenated alkanes) is 5. The normalized spacial score (nSPS) is 10.9. The van der Waals surface area contributed by atoms with Gasteiger partial charge in [-0.15, -0.1) is 0 Å². The van der Waals surface area contributed by atoms with Crippen LogP contribution in [0.1, 0.15) is 51.9 Å². The zero-order chi connectivity index (χ0) is 27.8. The quantitative estimate of drug-likeness (QED) is 0.0811. The van der Waals surface area contributed by atoms with Crippen LogP contribution in [0.4, 0.5) is 17.1 Å². The molecule has 0 bridgehead atoms. The lowest BCUT2D eigenvalue weighted by molar-refractivity contribution is -0.393. The fourth-order valence-electron chi connectivity index (χ4n) is 3.29. The average Bonchev–Trinajstić information content (AvgIpc) is 2.90. The minimum Gasteiger partial charge on any atom is -0.463 e. The highest BCUT2D eigenvalue weighted by Crippen LogP contribution is 2.28. The Hall–Kier alpha value is -2.87. The zero-order valence-corrected chi connectivity index (χ0v) is 22.2. The van der Waals surface area contributed by atoms with Gasteiger partial charge in [0.1, 0.15) is 12.3 Å². The van der Waals surface area contributed by atoms with E-state index in [1.165, 1.54) is 37.8 Å². The summed E-state index contributed by atoms with van der Waals surface area (Å²) >= 11 is 0. The van der Waals surface area contributed by atoms with E-state index in [9.17, 15) is 25.0 Å². The number of hydrogen-bond donors (Lipinski definition) is 1. The van der Waals surface area contributed by atoms with E-state index in [1.54, 1.807) is 0 Å². The molecule has 13 heteroatoms. The number of carbonyl (C=O) groups is 1. The van der Waals surface area contributed by atoms with Crippen molar-refractivity contribution >= 4 is 23.0 Å². The minimum absolute atomic E-state index is 0.175. The van der Waals surface area contributed by atoms with Gasteiger partial charge >= 0.3 is 5.97 Å². The average molecular weight is 544 g/mol. The van der Waals surface area contributed by atoms with E-state index in [-0.39, 0.29) is 36.2 Å². The summed E-state index contributed by atoms with van der Waals surface area (Å²) in [5.41, 5.74) is -0.523. The number of ether oxygens (including phenoxy) is 5. The summed E-state index contributed by atoms with van der Waals surface area (Å²) in [6.07, 6.45) is 7.27. The Morgan fingerprint density at radius 3 is 1.89 bits per heavy atom. The highest BCUT2D eigenvalue weighted by Gasteiger charge is 2.19. The van der Waals surface area contributed by atoms with Gasteiger partial charge in [-0.1, -0.05) is 39.0 Å². The maximum absolute atomic E-state index is 11.6. The second-order valence-electron chi connectivity index (χ2n) is 8.33. The number of benzene rings is 1. The van der Waals surface area contributed by atoms with Crippen LogP contribution < -0.4 is 5.32 Å². The topological polar surface area (TPSA) is 162 Å². The number of esters is 1. The molecule has 1 aromatic rings. The molecule has 1 rings (SSSR count). The second-order valence-corrected chi connectivity index (χ2v) is 8.33. The predicted octanol–water partition coefficient (Wildman–Crippen LogP) is 4.28. The molecule has 0 saturated carbocycles. The van der Waals surface area contributed by atoms with Crippen LogP contribution in [0.5, 0.6) is 0 Å². The molecular weight excluding hydrogens is 502 g/mol. The third kappa shape index (κ3) is 16.8. The molecule has 0 amide bonds. The first kappa shape index (κ1) is 33.2. The van der Waals surface area contributed by atoms with Crippen LogP contribution in [0.3, 0.4) is 0 Å². The van der Waals surface area contributed by atoms with Crippen molar-refractivity contribution in [1.29, 1.82) is 0 Å². The molecule has 0 fully saturated rings. The summed E-state index contributed by atoms with van der Waals surface area (Å²) in [7, 11) is 0. The van der Waals surface area contributed by atoms with E-state index in [0.29, 0.717) is 59.2 Å². The van der Waals surface area contributed by atoms with Gasteiger partial charge in [0.15, 0.2) is 0 Å². The molecule has 0 radical (unpaired) electrons. The minimum atomic E-state index is -0.682. The summed E-state index contributed by atoms with van der Waals surface area (Å²) in [4.78, 5) is 32.1. The molecule has 0 aliphatic rings. The first-order valence-electron chi connectivity index (χ1n) is 13.1. The van der Waals surface area contributed by atoms with Gasteiger partial charge in [-0.2, -0.15) is 0 Å². The van der Waals surface area contributed by atoms with Crippen LogP contribution in [-0.4, -0.2) is 81.8 Å². The summed E-state index contributed by atoms with van der Waals surface area (Å²) in [5, 5.41) is 24.7. The lowest BCUT2D eigenvalue weighted by Gasteiger charge is -2.09. The van der Waals surface area contributed by atoms with E-state index in [1.807, 2.05) is 0 Å². The molecule has 0 aliphatic heterocycles. The Labute approximate surface area is 223 Å². The molecule has 1 aromatic carbocycles. The molecule has 0 saturated heterocycles. The van der Waals surface area contributed by atoms with Crippen LogP contribution in [0.2, 0.25) is 0 Å². The van der Waals surface area contributed by atoms with Gasteiger partial charge in [0.05, 0.1) is 68.8 Å². The molecule has 0 aliphatic carbocycles. The largest absolute Gasteiger partial charge is 0.463 e. The number of nitrogens with one attached hydrogen (secondary N) is 1. The highest BCUT2D eigenvalue weighted by atomic mass is 16.6. The van der Waals surface area contributed by atoms with Gasteiger partial charge in [-0.05, 0) is 12.5 Å². The van der Waals surface area contributed by atoms with Gasteiger partial charge in [0.25, 0.3) is 11.4 Å². The lowest BCUT2D eigenvalue weighted by Crippen LogP contribution is -2.15. The number of non-ortho nitro benzene ring substituents is 1. The molecule has 13 nitrogen and oxygen atoms in total. The third-order valence-electron chi connectivity index (χ3n) is 5.29. The Balaban J connectivity index is 1.88. The molecule has 216 valence electrons. The van der Waals surface area contributed by atoms with E-state index in [4.69, 9.17) is 23.7 Å². The Morgan fingerprint density at radius 2 is 1.32 bits per heavy atom. The van der Waals surface area contributed by atoms with Crippen molar-refractivity contribution in [2.45, 2.75) is 51.9 Å². The van der Waals surface area contributed by atoms with Crippen LogP contribution in [0.25, 0.3) is 0 Å². The zero-order valence-electron chi connectivity index (χ0n) is 22.2. The number of hydrogen-bond acceptors (Lipinski definition) is 11. The fourth-order valence-corrected chi connectivity index (χ4v) is 3.29. The predicted molar refractivity (Wildman–Crippen MR) is 140 cm³/mol. The number of rotatable bonds is 25. The monoisotopic (exact) mass is 543 g/mol. The lowest BCUT2D eigenvalue weighted by atomic mass is 10.1. The van der Waals surface area contributed by atoms with Gasteiger partial charge in [0.2, 0.25) is 0 Å². The van der Waals surface area contributed by atoms with Gasteiger partial charge in [0, 0.05) is 19.0 Å². The number of carbonyl (C=O) groups excluding carboxylic acids is 1. The van der Waals surface area contributed by atoms with Crippen LogP contribution >= 0.6 is 0 Å². The van der Waals surface area contributed by atoms with Crippen molar-refractivity contribution in [2.75, 3.05) is 71.3 Å². The van der Waals surface area contributed by atoms with E-state index in [2.05, 4.69) is 12.2 Å². The van der Waals surface area contributed by atoms with Crippen LogP contribution in [-0.2, 0) is 28.5 Å². The molecule has 38 heavy (non-hydrogen) atoms. The maximum Gasteiger partial charge on any atom is 0.305 e. The molecule has 0 aromatic heterocycles. The number of nitrogens with zero attached hydrogens (tertiary/aromatic N) is 2. The van der Waals surface area contributed by atoms with Crippen LogP contribution in [0, 0.1) is 20.2 Å². The van der Waals surface area contributed by atoms with Crippen molar-refractivity contribution in [3.63, 3.8) is 0 Å². The summed E-state index contributed by atoms with van der Waals surface area (Å²) < 4.78 is 26.7. The second kappa shape index (κ2) is 22.1. The smallest absolute Gasteiger partial charge is 0.305 e. The molecule has 0 unspecified atom stereocenters. The molecular formula is C25H41N3O10. The maximum atomic E-state index is 11.6. The summed E-state index contributed by atoms with van der Waals surface area (Å²) in [6.45, 7) is 5.65. The number of anilines is 1. The molecule has 0 spiro atoms. The van der Waals surface area contributed by atoms with Gasteiger partial charge in [-0.25, -0.2) is 0 Å². The van der Waals surface area contributed by atoms with Crippen molar-refractivity contribution in [1.82, 2.24) is 0 Å². The number of nitro groups is 2. The van der Waals surface area contributed by atoms with Gasteiger partial charge < -0.3 is 29.0 Å². The summed E-state index contributed by atoms with van der Waals surface area (Å²) in [5.74, 6) is -0.175. The Bertz CT molecular complexity index is 810. The fraction of sp³-hybridized carbons (Fsp3) is 0.720. The van der Waals surface area contributed by atoms with E-state index < -0.39 is 9.85 Å². The van der Waals surface area contributed by atoms with Crippen molar-refractivity contribution in [3.05, 3.63) is 38.4 Å². The molecule has 0 atom stereocenters. The highest BCUT2D eigenvalue weighted by molar-refractivity contribution is 5.69. The Morgan fingerprint density at radius 1 is 0.763 bits per heavy atom. The van der Waals surface area contributed by atoms with E-state index in [0.717, 1.165) is 18.9 Å². The van der Waals surface area contributed by atoms with Crippen molar-refractivity contribution in [3.8, 4) is 0 Å². The SMILES string of the molecule is CCCCCCCCC(=O)OCCOCCOCCOCCOCCNc1ccc([N+](=O)[O-])cc1[N+](=O)[O-]. The first-order chi connectivity index (χ1) is 18.5. The van der Waals surface area contributed by atoms with Crippen molar-refractivity contribution < 1.29 is 38.3 Å². The van der Waals surface area contributed by atoms with Gasteiger partial charge in [-0.3, -0.25) is 25.0 Å².